The molecule has 0 saturated carbocycles. The van der Waals surface area contributed by atoms with E-state index >= 15 is 0 Å². The van der Waals surface area contributed by atoms with E-state index in [1.807, 2.05) is 30.3 Å². The average molecular weight is 572 g/mol. The van der Waals surface area contributed by atoms with Crippen LogP contribution in [-0.4, -0.2) is 27.7 Å². The van der Waals surface area contributed by atoms with Crippen molar-refractivity contribution >= 4 is 48.2 Å². The number of rotatable bonds is 8. The topological polar surface area (TPSA) is 114 Å². The number of benzene rings is 4. The highest BCUT2D eigenvalue weighted by Gasteiger charge is 2.38. The maximum Gasteiger partial charge on any atom is 0.277 e. The molecule has 0 unspecified atom stereocenters. The predicted octanol–water partition coefficient (Wildman–Crippen LogP) is 5.31. The summed E-state index contributed by atoms with van der Waals surface area (Å²) < 4.78 is 56.4. The summed E-state index contributed by atoms with van der Waals surface area (Å²) in [5.74, 6) is -0.297. The number of amides is 1. The molecule has 10 heteroatoms. The van der Waals surface area contributed by atoms with E-state index in [-0.39, 0.29) is 38.7 Å². The lowest BCUT2D eigenvalue weighted by molar-refractivity contribution is -0.115. The second kappa shape index (κ2) is 10.9. The van der Waals surface area contributed by atoms with Crippen LogP contribution in [0.5, 0.6) is 0 Å². The maximum atomic E-state index is 14.0. The molecule has 0 atom stereocenters. The summed E-state index contributed by atoms with van der Waals surface area (Å²) >= 11 is 0. The lowest BCUT2D eigenvalue weighted by Crippen LogP contribution is -2.37. The van der Waals surface area contributed by atoms with Gasteiger partial charge in [-0.05, 0) is 61.0 Å². The second-order valence-corrected chi connectivity index (χ2v) is 12.8. The lowest BCUT2D eigenvalue weighted by atomic mass is 10.1. The molecule has 5 rings (SSSR count). The Bertz CT molecular complexity index is 1830. The zero-order valence-electron chi connectivity index (χ0n) is 21.4. The summed E-state index contributed by atoms with van der Waals surface area (Å²) in [5, 5.41) is 3.09. The van der Waals surface area contributed by atoms with Gasteiger partial charge in [0.2, 0.25) is 5.91 Å². The minimum absolute atomic E-state index is 0.115. The molecule has 0 aliphatic carbocycles. The summed E-state index contributed by atoms with van der Waals surface area (Å²) in [6, 6.07) is 30.1. The number of pyridine rings is 1. The zero-order valence-corrected chi connectivity index (χ0v) is 23.1. The van der Waals surface area contributed by atoms with Gasteiger partial charge in [-0.1, -0.05) is 66.7 Å². The van der Waals surface area contributed by atoms with Gasteiger partial charge in [-0.25, -0.2) is 16.8 Å². The van der Waals surface area contributed by atoms with Crippen molar-refractivity contribution in [3.63, 3.8) is 0 Å². The highest BCUT2D eigenvalue weighted by atomic mass is 32.3. The molecule has 8 nitrogen and oxygen atoms in total. The summed E-state index contributed by atoms with van der Waals surface area (Å²) in [4.78, 5) is 17.1. The van der Waals surface area contributed by atoms with Crippen LogP contribution in [0.2, 0.25) is 0 Å². The van der Waals surface area contributed by atoms with Gasteiger partial charge >= 0.3 is 0 Å². The Hall–Kier alpha value is -4.54. The third-order valence-electron chi connectivity index (χ3n) is 6.17. The Morgan fingerprint density at radius 2 is 1.23 bits per heavy atom. The molecule has 5 aromatic rings. The van der Waals surface area contributed by atoms with E-state index in [9.17, 15) is 21.6 Å². The summed E-state index contributed by atoms with van der Waals surface area (Å²) in [6.07, 6.45) is 0.118. The van der Waals surface area contributed by atoms with Crippen molar-refractivity contribution in [2.24, 2.45) is 0 Å². The van der Waals surface area contributed by atoms with Gasteiger partial charge in [0.05, 0.1) is 33.1 Å². The van der Waals surface area contributed by atoms with Crippen molar-refractivity contribution in [2.75, 3.05) is 9.03 Å². The number of hydrogen-bond donors (Lipinski definition) is 1. The van der Waals surface area contributed by atoms with Crippen LogP contribution < -0.4 is 9.03 Å². The molecule has 40 heavy (non-hydrogen) atoms. The molecule has 0 aliphatic heterocycles. The molecule has 4 aromatic carbocycles. The van der Waals surface area contributed by atoms with E-state index in [4.69, 9.17) is 0 Å². The van der Waals surface area contributed by atoms with E-state index in [0.29, 0.717) is 15.1 Å². The number of hydrogen-bond acceptors (Lipinski definition) is 6. The van der Waals surface area contributed by atoms with Crippen molar-refractivity contribution in [3.05, 3.63) is 127 Å². The fourth-order valence-corrected chi connectivity index (χ4v) is 8.07. The molecule has 1 heterocycles. The Balaban J connectivity index is 1.69. The third-order valence-corrected chi connectivity index (χ3v) is 10.4. The number of carbonyl (C=O) groups excluding carboxylic acids is 1. The summed E-state index contributed by atoms with van der Waals surface area (Å²) in [6.45, 7) is 1.75. The van der Waals surface area contributed by atoms with Crippen LogP contribution in [0.3, 0.4) is 0 Å². The van der Waals surface area contributed by atoms with E-state index < -0.39 is 20.0 Å². The van der Waals surface area contributed by atoms with Gasteiger partial charge in [0, 0.05) is 11.1 Å². The van der Waals surface area contributed by atoms with Crippen LogP contribution in [0.15, 0.2) is 125 Å². The van der Waals surface area contributed by atoms with E-state index in [1.165, 1.54) is 60.7 Å². The SMILES string of the molecule is Cc1ccc2c(N(S(=O)(=O)c3ccccc3)S(=O)(=O)c3ccccc3)ccc(NC(=O)Cc3ccccc3)c2n1. The Labute approximate surface area is 233 Å². The number of nitrogens with one attached hydrogen (secondary N) is 1. The molecule has 0 spiro atoms. The molecule has 0 radical (unpaired) electrons. The van der Waals surface area contributed by atoms with Crippen molar-refractivity contribution in [1.29, 1.82) is 0 Å². The number of aromatic nitrogens is 1. The monoisotopic (exact) mass is 571 g/mol. The van der Waals surface area contributed by atoms with Gasteiger partial charge in [-0.2, -0.15) is 3.71 Å². The molecule has 0 fully saturated rings. The quantitative estimate of drug-likeness (QED) is 0.270. The molecular formula is C30H25N3O5S2. The Morgan fingerprint density at radius 3 is 1.77 bits per heavy atom. The number of carbonyl (C=O) groups is 1. The molecule has 1 amide bonds. The average Bonchev–Trinajstić information content (AvgIpc) is 2.95. The maximum absolute atomic E-state index is 14.0. The van der Waals surface area contributed by atoms with Crippen LogP contribution in [0.1, 0.15) is 11.3 Å². The minimum atomic E-state index is -4.61. The first-order valence-corrected chi connectivity index (χ1v) is 15.2. The van der Waals surface area contributed by atoms with E-state index in [0.717, 1.165) is 5.56 Å². The van der Waals surface area contributed by atoms with Crippen LogP contribution in [-0.2, 0) is 31.3 Å². The molecule has 0 saturated heterocycles. The Kier molecular flexibility index (Phi) is 7.38. The number of sulfonamides is 2. The number of anilines is 2. The van der Waals surface area contributed by atoms with Crippen LogP contribution in [0.4, 0.5) is 11.4 Å². The van der Waals surface area contributed by atoms with Crippen LogP contribution >= 0.6 is 0 Å². The fourth-order valence-electron chi connectivity index (χ4n) is 4.30. The van der Waals surface area contributed by atoms with Gasteiger partial charge in [0.15, 0.2) is 0 Å². The van der Waals surface area contributed by atoms with Crippen LogP contribution in [0.25, 0.3) is 10.9 Å². The summed E-state index contributed by atoms with van der Waals surface area (Å²) in [7, 11) is -9.22. The first-order chi connectivity index (χ1) is 19.2. The molecule has 1 N–H and O–H groups in total. The van der Waals surface area contributed by atoms with Crippen molar-refractivity contribution in [1.82, 2.24) is 4.98 Å². The fraction of sp³-hybridized carbons (Fsp3) is 0.0667. The number of aryl methyl sites for hydroxylation is 1. The molecule has 0 aliphatic rings. The summed E-state index contributed by atoms with van der Waals surface area (Å²) in [5.41, 5.74) is 1.90. The molecular weight excluding hydrogens is 546 g/mol. The Morgan fingerprint density at radius 1 is 0.700 bits per heavy atom. The highest BCUT2D eigenvalue weighted by molar-refractivity contribution is 8.10. The predicted molar refractivity (Wildman–Crippen MR) is 155 cm³/mol. The standard InChI is InChI=1S/C30H25N3O5S2/c1-22-17-18-26-28(20-19-27(30(26)31-22)32-29(34)21-23-11-5-2-6-12-23)33(39(35,36)24-13-7-3-8-14-24)40(37,38)25-15-9-4-10-16-25/h2-20H,21H2,1H3,(H,32,34). The largest absolute Gasteiger partial charge is 0.324 e. The molecule has 0 bridgehead atoms. The lowest BCUT2D eigenvalue weighted by Gasteiger charge is -2.26. The first-order valence-electron chi connectivity index (χ1n) is 12.3. The van der Waals surface area contributed by atoms with Gasteiger partial charge in [0.1, 0.15) is 0 Å². The minimum Gasteiger partial charge on any atom is -0.324 e. The van der Waals surface area contributed by atoms with Crippen molar-refractivity contribution in [2.45, 2.75) is 23.1 Å². The van der Waals surface area contributed by atoms with Crippen molar-refractivity contribution < 1.29 is 21.6 Å². The number of nitrogens with zero attached hydrogens (tertiary/aromatic N) is 2. The van der Waals surface area contributed by atoms with Gasteiger partial charge in [0.25, 0.3) is 20.0 Å². The van der Waals surface area contributed by atoms with Crippen LogP contribution in [0, 0.1) is 6.92 Å². The van der Waals surface area contributed by atoms with Gasteiger partial charge in [-0.15, -0.1) is 0 Å². The second-order valence-electron chi connectivity index (χ2n) is 9.02. The zero-order chi connectivity index (χ0) is 28.3. The first kappa shape index (κ1) is 27.0. The highest BCUT2D eigenvalue weighted by Crippen LogP contribution is 2.38. The van der Waals surface area contributed by atoms with Crippen molar-refractivity contribution in [3.8, 4) is 0 Å². The molecule has 202 valence electrons. The number of fused-ring (bicyclic) bond motifs is 1. The van der Waals surface area contributed by atoms with Gasteiger partial charge in [-0.3, -0.25) is 9.78 Å². The van der Waals surface area contributed by atoms with E-state index in [2.05, 4.69) is 10.3 Å². The van der Waals surface area contributed by atoms with Gasteiger partial charge < -0.3 is 5.32 Å². The third kappa shape index (κ3) is 5.31. The van der Waals surface area contributed by atoms with E-state index in [1.54, 1.807) is 31.2 Å². The normalized spacial score (nSPS) is 11.7. The smallest absolute Gasteiger partial charge is 0.277 e. The molecule has 1 aromatic heterocycles.